The van der Waals surface area contributed by atoms with Crippen molar-refractivity contribution >= 4 is 21.6 Å². The Labute approximate surface area is 183 Å². The molecule has 1 amide bonds. The molecule has 2 N–H and O–H groups in total. The van der Waals surface area contributed by atoms with Crippen LogP contribution in [-0.4, -0.2) is 39.9 Å². The molecule has 3 aromatic rings. The number of hydrogen-bond acceptors (Lipinski definition) is 5. The van der Waals surface area contributed by atoms with Crippen LogP contribution in [0.4, 0.5) is 5.69 Å². The number of hydrogen-bond donors (Lipinski definition) is 2. The molecule has 0 aliphatic carbocycles. The SMILES string of the molecule is Cc1ccc(S(=O)(=O)Nc2ccc(C(=O)NCC(c3ccco3)N(C)C)cc2)cc1C. The van der Waals surface area contributed by atoms with Crippen LogP contribution >= 0.6 is 0 Å². The minimum absolute atomic E-state index is 0.0944. The predicted molar refractivity (Wildman–Crippen MR) is 121 cm³/mol. The highest BCUT2D eigenvalue weighted by molar-refractivity contribution is 7.92. The molecule has 1 heterocycles. The molecular weight excluding hydrogens is 414 g/mol. The quantitative estimate of drug-likeness (QED) is 0.556. The number of carbonyl (C=O) groups excluding carboxylic acids is 1. The molecule has 0 aliphatic heterocycles. The van der Waals surface area contributed by atoms with E-state index in [1.807, 2.05) is 45.0 Å². The van der Waals surface area contributed by atoms with Crippen LogP contribution in [0.2, 0.25) is 0 Å². The summed E-state index contributed by atoms with van der Waals surface area (Å²) in [5.74, 6) is 0.517. The Kier molecular flexibility index (Phi) is 6.82. The van der Waals surface area contributed by atoms with E-state index in [9.17, 15) is 13.2 Å². The first-order chi connectivity index (χ1) is 14.7. The molecule has 0 spiro atoms. The monoisotopic (exact) mass is 441 g/mol. The predicted octanol–water partition coefficient (Wildman–Crippen LogP) is 3.73. The number of benzene rings is 2. The van der Waals surface area contributed by atoms with E-state index >= 15 is 0 Å². The lowest BCUT2D eigenvalue weighted by atomic mass is 10.1. The summed E-state index contributed by atoms with van der Waals surface area (Å²) in [6.07, 6.45) is 1.60. The summed E-state index contributed by atoms with van der Waals surface area (Å²) in [5.41, 5.74) is 2.75. The van der Waals surface area contributed by atoms with Crippen LogP contribution in [-0.2, 0) is 10.0 Å². The van der Waals surface area contributed by atoms with Crippen molar-refractivity contribution in [1.29, 1.82) is 0 Å². The lowest BCUT2D eigenvalue weighted by Gasteiger charge is -2.22. The number of nitrogens with zero attached hydrogens (tertiary/aromatic N) is 1. The highest BCUT2D eigenvalue weighted by atomic mass is 32.2. The third-order valence-electron chi connectivity index (χ3n) is 5.14. The molecule has 1 aromatic heterocycles. The lowest BCUT2D eigenvalue weighted by Crippen LogP contribution is -2.34. The smallest absolute Gasteiger partial charge is 0.261 e. The average molecular weight is 442 g/mol. The Morgan fingerprint density at radius 3 is 2.32 bits per heavy atom. The van der Waals surface area contributed by atoms with Gasteiger partial charge in [0.1, 0.15) is 5.76 Å². The number of sulfonamides is 1. The summed E-state index contributed by atoms with van der Waals surface area (Å²) in [6, 6.07) is 14.9. The third-order valence-corrected chi connectivity index (χ3v) is 6.52. The van der Waals surface area contributed by atoms with Crippen LogP contribution in [0.25, 0.3) is 0 Å². The van der Waals surface area contributed by atoms with Gasteiger partial charge in [-0.3, -0.25) is 14.4 Å². The van der Waals surface area contributed by atoms with Gasteiger partial charge in [0.05, 0.1) is 17.2 Å². The van der Waals surface area contributed by atoms with Gasteiger partial charge in [-0.2, -0.15) is 0 Å². The molecule has 0 radical (unpaired) electrons. The van der Waals surface area contributed by atoms with Crippen LogP contribution in [0.1, 0.15) is 33.3 Å². The van der Waals surface area contributed by atoms with E-state index in [4.69, 9.17) is 4.42 Å². The van der Waals surface area contributed by atoms with Crippen LogP contribution < -0.4 is 10.0 Å². The number of furan rings is 1. The number of amides is 1. The summed E-state index contributed by atoms with van der Waals surface area (Å²) in [6.45, 7) is 4.17. The summed E-state index contributed by atoms with van der Waals surface area (Å²) < 4.78 is 33.3. The van der Waals surface area contributed by atoms with Crippen molar-refractivity contribution in [2.75, 3.05) is 25.4 Å². The van der Waals surface area contributed by atoms with E-state index in [1.54, 1.807) is 48.7 Å². The van der Waals surface area contributed by atoms with Crippen molar-refractivity contribution in [1.82, 2.24) is 10.2 Å². The van der Waals surface area contributed by atoms with Crippen molar-refractivity contribution in [2.45, 2.75) is 24.8 Å². The summed E-state index contributed by atoms with van der Waals surface area (Å²) in [5, 5.41) is 2.89. The van der Waals surface area contributed by atoms with E-state index in [0.29, 0.717) is 17.8 Å². The van der Waals surface area contributed by atoms with Gasteiger partial charge < -0.3 is 9.73 Å². The Balaban J connectivity index is 1.65. The molecule has 8 heteroatoms. The van der Waals surface area contributed by atoms with Crippen molar-refractivity contribution in [3.05, 3.63) is 83.3 Å². The van der Waals surface area contributed by atoms with Gasteiger partial charge in [-0.15, -0.1) is 0 Å². The van der Waals surface area contributed by atoms with E-state index in [0.717, 1.165) is 16.9 Å². The van der Waals surface area contributed by atoms with Crippen molar-refractivity contribution < 1.29 is 17.6 Å². The largest absolute Gasteiger partial charge is 0.468 e. The number of anilines is 1. The second-order valence-electron chi connectivity index (χ2n) is 7.63. The zero-order chi connectivity index (χ0) is 22.6. The molecule has 1 atom stereocenters. The molecule has 0 bridgehead atoms. The molecule has 3 rings (SSSR count). The normalized spacial score (nSPS) is 12.5. The van der Waals surface area contributed by atoms with Crippen LogP contribution in [0.5, 0.6) is 0 Å². The Morgan fingerprint density at radius 2 is 1.74 bits per heavy atom. The number of rotatable bonds is 8. The Morgan fingerprint density at radius 1 is 1.03 bits per heavy atom. The summed E-state index contributed by atoms with van der Waals surface area (Å²) >= 11 is 0. The standard InChI is InChI=1S/C23H27N3O4S/c1-16-7-12-20(14-17(16)2)31(28,29)25-19-10-8-18(9-11-19)23(27)24-15-21(26(3)4)22-6-5-13-30-22/h5-14,21,25H,15H2,1-4H3,(H,24,27). The lowest BCUT2D eigenvalue weighted by molar-refractivity contribution is 0.0939. The minimum Gasteiger partial charge on any atom is -0.468 e. The van der Waals surface area contributed by atoms with E-state index in [2.05, 4.69) is 10.0 Å². The van der Waals surface area contributed by atoms with Gasteiger partial charge in [-0.25, -0.2) is 8.42 Å². The molecule has 7 nitrogen and oxygen atoms in total. The van der Waals surface area contributed by atoms with Gasteiger partial charge in [-0.05, 0) is 87.6 Å². The first-order valence-electron chi connectivity index (χ1n) is 9.85. The maximum atomic E-state index is 12.6. The Bertz CT molecular complexity index is 1140. The van der Waals surface area contributed by atoms with E-state index < -0.39 is 10.0 Å². The van der Waals surface area contributed by atoms with Gasteiger partial charge >= 0.3 is 0 Å². The van der Waals surface area contributed by atoms with Crippen molar-refractivity contribution in [3.63, 3.8) is 0 Å². The molecule has 0 fully saturated rings. The van der Waals surface area contributed by atoms with Crippen LogP contribution in [0, 0.1) is 13.8 Å². The van der Waals surface area contributed by atoms with Gasteiger partial charge in [0.15, 0.2) is 0 Å². The van der Waals surface area contributed by atoms with Crippen LogP contribution in [0.3, 0.4) is 0 Å². The number of nitrogens with one attached hydrogen (secondary N) is 2. The summed E-state index contributed by atoms with van der Waals surface area (Å²) in [4.78, 5) is 14.7. The molecular formula is C23H27N3O4S. The number of likely N-dealkylation sites (N-methyl/N-ethyl adjacent to an activating group) is 1. The fourth-order valence-electron chi connectivity index (χ4n) is 3.09. The van der Waals surface area contributed by atoms with Crippen molar-refractivity contribution in [2.24, 2.45) is 0 Å². The number of carbonyl (C=O) groups is 1. The molecule has 164 valence electrons. The second kappa shape index (κ2) is 9.36. The maximum Gasteiger partial charge on any atom is 0.261 e. The van der Waals surface area contributed by atoms with Gasteiger partial charge in [0, 0.05) is 17.8 Å². The highest BCUT2D eigenvalue weighted by Gasteiger charge is 2.19. The van der Waals surface area contributed by atoms with Gasteiger partial charge in [0.2, 0.25) is 0 Å². The molecule has 31 heavy (non-hydrogen) atoms. The van der Waals surface area contributed by atoms with E-state index in [1.165, 1.54) is 0 Å². The average Bonchev–Trinajstić information content (AvgIpc) is 3.24. The molecule has 0 aliphatic rings. The van der Waals surface area contributed by atoms with Crippen LogP contribution in [0.15, 0.2) is 70.2 Å². The fourth-order valence-corrected chi connectivity index (χ4v) is 4.24. The zero-order valence-corrected chi connectivity index (χ0v) is 18.9. The number of aryl methyl sites for hydroxylation is 2. The molecule has 0 saturated carbocycles. The summed E-state index contributed by atoms with van der Waals surface area (Å²) in [7, 11) is 0.117. The molecule has 1 unspecified atom stereocenters. The second-order valence-corrected chi connectivity index (χ2v) is 9.32. The van der Waals surface area contributed by atoms with Gasteiger partial charge in [0.25, 0.3) is 15.9 Å². The third kappa shape index (κ3) is 5.53. The molecule has 2 aromatic carbocycles. The Hall–Kier alpha value is -3.10. The first kappa shape index (κ1) is 22.6. The van der Waals surface area contributed by atoms with Gasteiger partial charge in [-0.1, -0.05) is 6.07 Å². The highest BCUT2D eigenvalue weighted by Crippen LogP contribution is 2.20. The first-order valence-corrected chi connectivity index (χ1v) is 11.3. The zero-order valence-electron chi connectivity index (χ0n) is 18.0. The van der Waals surface area contributed by atoms with E-state index in [-0.39, 0.29) is 16.8 Å². The fraction of sp³-hybridized carbons (Fsp3) is 0.261. The minimum atomic E-state index is -3.71. The van der Waals surface area contributed by atoms with Crippen molar-refractivity contribution in [3.8, 4) is 0 Å². The topological polar surface area (TPSA) is 91.6 Å². The maximum absolute atomic E-state index is 12.6. The molecule has 0 saturated heterocycles.